The Balaban J connectivity index is 1.31. The number of nitrogens with zero attached hydrogens (tertiary/aromatic N) is 7. The van der Waals surface area contributed by atoms with Crippen molar-refractivity contribution in [3.8, 4) is 17.1 Å². The minimum atomic E-state index is 0.485. The fourth-order valence-corrected chi connectivity index (χ4v) is 4.39. The number of hydrogen-bond donors (Lipinski definition) is 2. The van der Waals surface area contributed by atoms with Crippen molar-refractivity contribution in [1.82, 2.24) is 40.4 Å². The van der Waals surface area contributed by atoms with Crippen LogP contribution in [0.15, 0.2) is 91.3 Å². The van der Waals surface area contributed by atoms with Crippen molar-refractivity contribution in [2.45, 2.75) is 0 Å². The Bertz CT molecular complexity index is 1820. The lowest BCUT2D eigenvalue weighted by Crippen LogP contribution is -2.02. The van der Waals surface area contributed by atoms with Gasteiger partial charge in [0.05, 0.1) is 17.3 Å². The van der Waals surface area contributed by atoms with Gasteiger partial charge in [0.15, 0.2) is 11.5 Å². The molecule has 0 unspecified atom stereocenters. The molecule has 0 saturated heterocycles. The Morgan fingerprint density at radius 2 is 1.63 bits per heavy atom. The van der Waals surface area contributed by atoms with Crippen LogP contribution in [0.5, 0.6) is 0 Å². The largest absolute Gasteiger partial charge is 0.324 e. The van der Waals surface area contributed by atoms with E-state index in [0.717, 1.165) is 38.7 Å². The highest BCUT2D eigenvalue weighted by Gasteiger charge is 2.13. The second kappa shape index (κ2) is 7.70. The van der Waals surface area contributed by atoms with E-state index in [4.69, 9.17) is 4.98 Å². The lowest BCUT2D eigenvalue weighted by Gasteiger charge is -2.11. The molecule has 0 amide bonds. The van der Waals surface area contributed by atoms with E-state index >= 15 is 0 Å². The first-order valence-corrected chi connectivity index (χ1v) is 11.1. The molecule has 4 aromatic carbocycles. The number of tetrazole rings is 1. The van der Waals surface area contributed by atoms with E-state index in [1.165, 1.54) is 10.8 Å². The number of hydrogen-bond acceptors (Lipinski definition) is 7. The van der Waals surface area contributed by atoms with Gasteiger partial charge in [-0.2, -0.15) is 10.1 Å². The molecule has 0 saturated carbocycles. The Labute approximate surface area is 198 Å². The maximum atomic E-state index is 4.81. The molecule has 9 nitrogen and oxygen atoms in total. The molecule has 9 heteroatoms. The smallest absolute Gasteiger partial charge is 0.229 e. The standard InChI is InChI=1S/C26H17N9/c1-2-6-21-16(4-1)8-9-17-5-3-7-22(23(17)21)35-25-19(15-28-35)14-27-26(30-25)29-20-12-10-18(11-13-20)24-31-33-34-32-24/h1-15H,(H,27,29,30)(H,31,32,33,34). The fraction of sp³-hybridized carbons (Fsp3) is 0. The molecule has 0 fully saturated rings. The highest BCUT2D eigenvalue weighted by Crippen LogP contribution is 2.31. The third kappa shape index (κ3) is 3.25. The first-order chi connectivity index (χ1) is 17.3. The van der Waals surface area contributed by atoms with E-state index in [0.29, 0.717) is 11.8 Å². The van der Waals surface area contributed by atoms with Crippen molar-refractivity contribution in [2.24, 2.45) is 0 Å². The molecule has 0 aliphatic carbocycles. The number of aromatic amines is 1. The number of rotatable bonds is 4. The molecule has 0 bridgehead atoms. The second-order valence-electron chi connectivity index (χ2n) is 8.14. The van der Waals surface area contributed by atoms with Crippen LogP contribution in [0.2, 0.25) is 0 Å². The van der Waals surface area contributed by atoms with Crippen LogP contribution in [0, 0.1) is 0 Å². The molecule has 3 heterocycles. The summed E-state index contributed by atoms with van der Waals surface area (Å²) >= 11 is 0. The number of H-pyrrole nitrogens is 1. The molecule has 7 aromatic rings. The number of aromatic nitrogens is 8. The molecule has 35 heavy (non-hydrogen) atoms. The third-order valence-corrected chi connectivity index (χ3v) is 6.04. The van der Waals surface area contributed by atoms with Gasteiger partial charge in [-0.15, -0.1) is 5.10 Å². The summed E-state index contributed by atoms with van der Waals surface area (Å²) in [5, 5.41) is 27.4. The second-order valence-corrected chi connectivity index (χ2v) is 8.14. The van der Waals surface area contributed by atoms with Crippen LogP contribution >= 0.6 is 0 Å². The molecule has 0 aliphatic rings. The summed E-state index contributed by atoms with van der Waals surface area (Å²) < 4.78 is 1.89. The van der Waals surface area contributed by atoms with Gasteiger partial charge in [0.25, 0.3) is 0 Å². The maximum absolute atomic E-state index is 4.81. The van der Waals surface area contributed by atoms with Crippen molar-refractivity contribution < 1.29 is 0 Å². The van der Waals surface area contributed by atoms with Crippen molar-refractivity contribution in [1.29, 1.82) is 0 Å². The maximum Gasteiger partial charge on any atom is 0.229 e. The van der Waals surface area contributed by atoms with E-state index in [9.17, 15) is 0 Å². The van der Waals surface area contributed by atoms with E-state index in [-0.39, 0.29) is 0 Å². The first kappa shape index (κ1) is 19.3. The molecule has 7 rings (SSSR count). The van der Waals surface area contributed by atoms with E-state index in [1.807, 2.05) is 35.0 Å². The predicted molar refractivity (Wildman–Crippen MR) is 135 cm³/mol. The Morgan fingerprint density at radius 1 is 0.771 bits per heavy atom. The highest BCUT2D eigenvalue weighted by atomic mass is 15.5. The van der Waals surface area contributed by atoms with Crippen LogP contribution in [-0.4, -0.2) is 40.4 Å². The zero-order chi connectivity index (χ0) is 23.2. The molecular weight excluding hydrogens is 438 g/mol. The summed E-state index contributed by atoms with van der Waals surface area (Å²) in [6.45, 7) is 0. The molecule has 0 spiro atoms. The average Bonchev–Trinajstić information content (AvgIpc) is 3.59. The van der Waals surface area contributed by atoms with Gasteiger partial charge >= 0.3 is 0 Å². The quantitative estimate of drug-likeness (QED) is 0.358. The lowest BCUT2D eigenvalue weighted by atomic mass is 10.0. The van der Waals surface area contributed by atoms with Crippen LogP contribution in [0.3, 0.4) is 0 Å². The van der Waals surface area contributed by atoms with E-state index in [2.05, 4.69) is 84.6 Å². The number of fused-ring (bicyclic) bond motifs is 4. The van der Waals surface area contributed by atoms with Gasteiger partial charge in [-0.3, -0.25) is 0 Å². The summed E-state index contributed by atoms with van der Waals surface area (Å²) in [6, 6.07) is 26.6. The number of nitrogens with one attached hydrogen (secondary N) is 2. The Kier molecular flexibility index (Phi) is 4.25. The van der Waals surface area contributed by atoms with Gasteiger partial charge in [-0.05, 0) is 56.9 Å². The molecule has 0 aliphatic heterocycles. The molecule has 2 N–H and O–H groups in total. The number of anilines is 2. The summed E-state index contributed by atoms with van der Waals surface area (Å²) in [7, 11) is 0. The van der Waals surface area contributed by atoms with E-state index in [1.54, 1.807) is 12.4 Å². The predicted octanol–water partition coefficient (Wildman–Crippen LogP) is 5.05. The summed E-state index contributed by atoms with van der Waals surface area (Å²) in [5.74, 6) is 1.10. The summed E-state index contributed by atoms with van der Waals surface area (Å²) in [4.78, 5) is 9.29. The van der Waals surface area contributed by atoms with Crippen LogP contribution in [-0.2, 0) is 0 Å². The summed E-state index contributed by atoms with van der Waals surface area (Å²) in [6.07, 6.45) is 3.58. The molecule has 0 radical (unpaired) electrons. The van der Waals surface area contributed by atoms with Crippen LogP contribution < -0.4 is 5.32 Å². The van der Waals surface area contributed by atoms with Crippen molar-refractivity contribution in [3.63, 3.8) is 0 Å². The third-order valence-electron chi connectivity index (χ3n) is 6.04. The van der Waals surface area contributed by atoms with Crippen molar-refractivity contribution in [2.75, 3.05) is 5.32 Å². The number of benzene rings is 4. The van der Waals surface area contributed by atoms with Gasteiger partial charge in [-0.1, -0.05) is 48.5 Å². The average molecular weight is 455 g/mol. The normalized spacial score (nSPS) is 11.4. The van der Waals surface area contributed by atoms with Gasteiger partial charge in [0.2, 0.25) is 5.95 Å². The minimum absolute atomic E-state index is 0.485. The zero-order valence-corrected chi connectivity index (χ0v) is 18.3. The van der Waals surface area contributed by atoms with Gasteiger partial charge in [-0.25, -0.2) is 14.8 Å². The topological polar surface area (TPSA) is 110 Å². The summed E-state index contributed by atoms with van der Waals surface area (Å²) in [5.41, 5.74) is 3.44. The van der Waals surface area contributed by atoms with E-state index < -0.39 is 0 Å². The Hall–Kier alpha value is -5.18. The van der Waals surface area contributed by atoms with Gasteiger partial charge in [0, 0.05) is 22.8 Å². The highest BCUT2D eigenvalue weighted by molar-refractivity contribution is 6.11. The SMILES string of the molecule is c1ccc2c(c1)ccc1cccc(-n3ncc4cnc(Nc5ccc(-c6nnn[nH]6)cc5)nc43)c12. The van der Waals surface area contributed by atoms with Gasteiger partial charge < -0.3 is 5.32 Å². The lowest BCUT2D eigenvalue weighted by molar-refractivity contribution is 0.881. The van der Waals surface area contributed by atoms with Crippen LogP contribution in [0.4, 0.5) is 11.6 Å². The van der Waals surface area contributed by atoms with Crippen LogP contribution in [0.1, 0.15) is 0 Å². The fourth-order valence-electron chi connectivity index (χ4n) is 4.39. The van der Waals surface area contributed by atoms with Crippen LogP contribution in [0.25, 0.3) is 49.7 Å². The molecular formula is C26H17N9. The first-order valence-electron chi connectivity index (χ1n) is 11.1. The molecule has 3 aromatic heterocycles. The van der Waals surface area contributed by atoms with Crippen molar-refractivity contribution >= 4 is 44.2 Å². The minimum Gasteiger partial charge on any atom is -0.324 e. The van der Waals surface area contributed by atoms with Gasteiger partial charge in [0.1, 0.15) is 0 Å². The molecule has 166 valence electrons. The Morgan fingerprint density at radius 3 is 2.51 bits per heavy atom. The molecule has 0 atom stereocenters. The zero-order valence-electron chi connectivity index (χ0n) is 18.3. The van der Waals surface area contributed by atoms with Crippen molar-refractivity contribution in [3.05, 3.63) is 91.3 Å². The monoisotopic (exact) mass is 455 g/mol.